The van der Waals surface area contributed by atoms with Gasteiger partial charge in [0, 0.05) is 117 Å². The number of rotatable bonds is 11. The van der Waals surface area contributed by atoms with Gasteiger partial charge in [-0.05, 0) is 90.0 Å². The van der Waals surface area contributed by atoms with Gasteiger partial charge in [0.25, 0.3) is 11.8 Å². The topological polar surface area (TPSA) is 468 Å². The maximum Gasteiger partial charge on any atom is 1.00 e. The molecule has 0 atom stereocenters. The van der Waals surface area contributed by atoms with E-state index in [1.165, 1.54) is 44.3 Å². The molecule has 116 heavy (non-hydrogen) atoms. The van der Waals surface area contributed by atoms with Crippen LogP contribution in [0.25, 0.3) is 11.3 Å². The second kappa shape index (κ2) is 41.1. The summed E-state index contributed by atoms with van der Waals surface area (Å²) in [7, 11) is 1.30. The van der Waals surface area contributed by atoms with Crippen LogP contribution in [0.15, 0.2) is 86.8 Å². The van der Waals surface area contributed by atoms with Gasteiger partial charge in [0.15, 0.2) is 17.0 Å². The third-order valence-electron chi connectivity index (χ3n) is 16.6. The van der Waals surface area contributed by atoms with Gasteiger partial charge in [-0.15, -0.1) is 0 Å². The second-order valence-electron chi connectivity index (χ2n) is 29.0. The molecule has 13 rings (SSSR count). The minimum Gasteiger partial charge on any atom is -0.543 e. The van der Waals surface area contributed by atoms with E-state index in [4.69, 9.17) is 25.8 Å². The number of carbonyl (C=O) groups is 8. The first-order valence-corrected chi connectivity index (χ1v) is 36.5. The van der Waals surface area contributed by atoms with E-state index in [9.17, 15) is 48.6 Å². The Bertz CT molecular complexity index is 4830. The van der Waals surface area contributed by atoms with E-state index in [2.05, 4.69) is 95.4 Å². The van der Waals surface area contributed by atoms with E-state index in [-0.39, 0.29) is 95.5 Å². The largest absolute Gasteiger partial charge is 1.00 e. The number of methoxy groups -OCH3 is 1. The summed E-state index contributed by atoms with van der Waals surface area (Å²) in [5.74, 6) is -0.421. The summed E-state index contributed by atoms with van der Waals surface area (Å²) in [4.78, 5) is 164. The number of carbonyl (C=O) groups excluding carboxylic acids is 8. The minimum atomic E-state index is -1.36. The summed E-state index contributed by atoms with van der Waals surface area (Å²) in [5, 5.41) is 29.7. The average molecular weight is 1610 g/mol. The number of aromatic carboxylic acids is 2. The SMILES string of the molecule is CC(C)(C)OC(=O)N1CCN(c2cnc(C(=O)[O-])cn2)CC1.COC(=O)c1cnc(N2CCN(C(=O)OC(C)(C)C)CC2)cn1.Cc1cn2cc(NC(=O)c3cnc(N4CCN(C(=O)OC(C)(C)C)CC4)cn3)nc(C)c2n1.Cc1cn2cc(NC(=O)c3cnc(N4CCNCC4)cn3)nc(C)c2n1.O=C([O-])c1cnc(Cl)cn1.[Li+].[Li+]. The molecule has 4 aliphatic rings. The van der Waals surface area contributed by atoms with Crippen LogP contribution in [-0.2, 0) is 18.9 Å². The van der Waals surface area contributed by atoms with Crippen LogP contribution in [0.5, 0.6) is 0 Å². The molecule has 5 amide bonds. The van der Waals surface area contributed by atoms with Crippen molar-refractivity contribution in [1.82, 2.24) is 98.6 Å². The van der Waals surface area contributed by atoms with Crippen molar-refractivity contribution in [3.63, 3.8) is 0 Å². The van der Waals surface area contributed by atoms with Crippen molar-refractivity contribution < 1.29 is 105 Å². The number of fused-ring (bicyclic) bond motifs is 2. The van der Waals surface area contributed by atoms with Crippen LogP contribution in [0.4, 0.5) is 49.3 Å². The van der Waals surface area contributed by atoms with E-state index in [1.54, 1.807) is 39.5 Å². The van der Waals surface area contributed by atoms with Gasteiger partial charge in [0.2, 0.25) is 0 Å². The zero-order valence-electron chi connectivity index (χ0n) is 67.8. The Morgan fingerprint density at radius 2 is 0.698 bits per heavy atom. The number of nitrogens with zero attached hydrogens (tertiary/aromatic N) is 23. The van der Waals surface area contributed by atoms with Gasteiger partial charge in [0.1, 0.15) is 79.6 Å². The maximum absolute atomic E-state index is 12.6. The standard InChI is InChI=1S/C22H28N8O3.C17H20N8O.C15H22N4O4.C14H20N4O4.C5H3ClN2O2.2Li/c1-14-12-30-13-17(26-15(2)19(30)25-14)27-20(31)16-10-24-18(11-23-16)28-6-8-29(9-7-28)21(32)33-22(3,4)5;1-11-9-25-10-14(22-12(2)16(25)21-11)23-17(26)13-7-20-15(8-19-13)24-5-3-18-4-6-24;1-15(2,3)23-14(21)19-7-5-18(6-8-19)12-10-16-11(9-17-12)13(20)22-4;1-14(2,3)22-13(21)18-6-4-17(5-7-18)11-9-15-10(8-16-11)12(19)20;6-4-2-7-3(1-8-4)5(9)10;;/h10-13H,6-9H2,1-5H3,(H,27,31);7-10,18H,3-6H2,1-2H3,(H,23,26);9-10H,5-8H2,1-4H3;8-9H,4-7H2,1-3H3,(H,19,20);1-2H,(H,9,10);;/q;;;;;2*+1/p-2. The van der Waals surface area contributed by atoms with Gasteiger partial charge >= 0.3 is 62.0 Å². The van der Waals surface area contributed by atoms with Gasteiger partial charge < -0.3 is 97.8 Å². The molecule has 0 bridgehead atoms. The van der Waals surface area contributed by atoms with Crippen molar-refractivity contribution in [3.05, 3.63) is 143 Å². The second-order valence-corrected chi connectivity index (χ2v) is 29.4. The van der Waals surface area contributed by atoms with Gasteiger partial charge in [-0.25, -0.2) is 84.0 Å². The molecule has 9 aromatic heterocycles. The van der Waals surface area contributed by atoms with Crippen molar-refractivity contribution in [2.75, 3.05) is 142 Å². The fourth-order valence-corrected chi connectivity index (χ4v) is 11.3. The summed E-state index contributed by atoms with van der Waals surface area (Å²) in [6.07, 6.45) is 20.1. The molecule has 0 spiro atoms. The van der Waals surface area contributed by atoms with Crippen LogP contribution in [-0.4, -0.2) is 270 Å². The number of carboxylic acid groups (broad SMARTS) is 2. The summed E-state index contributed by atoms with van der Waals surface area (Å²) in [6.45, 7) is 34.5. The maximum atomic E-state index is 12.6. The Kier molecular flexibility index (Phi) is 32.5. The Labute approximate surface area is 697 Å². The average Bonchev–Trinajstić information content (AvgIpc) is 1.63. The number of aromatic nitrogens is 16. The predicted molar refractivity (Wildman–Crippen MR) is 411 cm³/mol. The number of anilines is 6. The summed E-state index contributed by atoms with van der Waals surface area (Å²) in [5.41, 5.74) is 3.43. The van der Waals surface area contributed by atoms with Crippen LogP contribution in [0.2, 0.25) is 5.15 Å². The molecule has 0 saturated carbocycles. The number of ether oxygens (including phenoxy) is 4. The van der Waals surface area contributed by atoms with Crippen LogP contribution in [0.3, 0.4) is 0 Å². The molecule has 40 nitrogen and oxygen atoms in total. The summed E-state index contributed by atoms with van der Waals surface area (Å²) < 4.78 is 24.4. The van der Waals surface area contributed by atoms with Crippen molar-refractivity contribution >= 4 is 106 Å². The van der Waals surface area contributed by atoms with Crippen molar-refractivity contribution in [2.45, 2.75) is 107 Å². The Morgan fingerprint density at radius 1 is 0.397 bits per heavy atom. The molecule has 3 N–H and O–H groups in total. The number of amides is 5. The zero-order chi connectivity index (χ0) is 82.8. The number of halogens is 1. The Hall–Kier alpha value is -11.6. The van der Waals surface area contributed by atoms with Crippen molar-refractivity contribution in [1.29, 1.82) is 0 Å². The molecule has 43 heteroatoms. The Balaban J connectivity index is 0.000000206. The monoisotopic (exact) mass is 1600 g/mol. The molecular formula is C73H91ClLi2N26O14. The van der Waals surface area contributed by atoms with E-state index >= 15 is 0 Å². The van der Waals surface area contributed by atoms with Gasteiger partial charge in [-0.1, -0.05) is 11.6 Å². The molecule has 13 heterocycles. The molecule has 0 aliphatic carbocycles. The van der Waals surface area contributed by atoms with E-state index in [0.717, 1.165) is 72.8 Å². The van der Waals surface area contributed by atoms with Gasteiger partial charge in [0.05, 0.1) is 116 Å². The normalized spacial score (nSPS) is 14.2. The first-order chi connectivity index (χ1) is 53.9. The molecule has 4 fully saturated rings. The fourth-order valence-electron chi connectivity index (χ4n) is 11.2. The third kappa shape index (κ3) is 27.0. The quantitative estimate of drug-likeness (QED) is 0.0713. The molecule has 4 saturated heterocycles. The van der Waals surface area contributed by atoms with Gasteiger partial charge in [-0.3, -0.25) is 14.6 Å². The molecule has 0 radical (unpaired) electrons. The van der Waals surface area contributed by atoms with Crippen LogP contribution in [0, 0.1) is 27.7 Å². The number of piperazine rings is 4. The molecule has 9 aromatic rings. The van der Waals surface area contributed by atoms with Crippen LogP contribution in [0.1, 0.15) is 138 Å². The van der Waals surface area contributed by atoms with Crippen molar-refractivity contribution in [2.24, 2.45) is 0 Å². The molecule has 606 valence electrons. The van der Waals surface area contributed by atoms with Crippen LogP contribution < -0.4 is 83.5 Å². The first-order valence-electron chi connectivity index (χ1n) is 36.1. The number of nitrogens with one attached hydrogen (secondary N) is 3. The summed E-state index contributed by atoms with van der Waals surface area (Å²) in [6, 6.07) is 0. The van der Waals surface area contributed by atoms with Crippen LogP contribution >= 0.6 is 11.6 Å². The van der Waals surface area contributed by atoms with E-state index in [1.807, 2.05) is 126 Å². The minimum absolute atomic E-state index is 0. The zero-order valence-corrected chi connectivity index (χ0v) is 68.5. The number of hydrogen-bond donors (Lipinski definition) is 3. The van der Waals surface area contributed by atoms with E-state index in [0.29, 0.717) is 113 Å². The Morgan fingerprint density at radius 3 is 0.983 bits per heavy atom. The molecule has 0 aromatic carbocycles. The smallest absolute Gasteiger partial charge is 0.543 e. The first kappa shape index (κ1) is 91.6. The van der Waals surface area contributed by atoms with E-state index < -0.39 is 40.6 Å². The molecule has 0 unspecified atom stereocenters. The predicted octanol–water partition coefficient (Wildman–Crippen LogP) is -2.04. The third-order valence-corrected chi connectivity index (χ3v) is 16.8. The van der Waals surface area contributed by atoms with Crippen molar-refractivity contribution in [3.8, 4) is 0 Å². The number of hydrogen-bond acceptors (Lipinski definition) is 33. The number of esters is 1. The number of carboxylic acids is 2. The molecular weight excluding hydrogens is 1510 g/mol. The number of imidazole rings is 2. The summed E-state index contributed by atoms with van der Waals surface area (Å²) >= 11 is 5.33. The van der Waals surface area contributed by atoms with Gasteiger partial charge in [-0.2, -0.15) is 0 Å². The fraction of sp³-hybridized carbons (Fsp3) is 0.452. The molecule has 4 aliphatic heterocycles. The number of aryl methyl sites for hydroxylation is 4.